The zero-order chi connectivity index (χ0) is 12.8. The van der Waals surface area contributed by atoms with Crippen molar-refractivity contribution in [1.29, 1.82) is 0 Å². The molecule has 0 saturated carbocycles. The van der Waals surface area contributed by atoms with Crippen LogP contribution in [-0.2, 0) is 6.42 Å². The van der Waals surface area contributed by atoms with E-state index in [0.717, 1.165) is 16.0 Å². The molecule has 3 heteroatoms. The van der Waals surface area contributed by atoms with Crippen LogP contribution < -0.4 is 5.73 Å². The van der Waals surface area contributed by atoms with Gasteiger partial charge in [0.2, 0.25) is 0 Å². The zero-order valence-corrected chi connectivity index (χ0v) is 10.8. The molecule has 1 aromatic carbocycles. The monoisotopic (exact) mass is 257 g/mol. The number of rotatable bonds is 3. The molecule has 1 aromatic heterocycles. The number of aliphatic hydroxyl groups is 1. The van der Waals surface area contributed by atoms with Gasteiger partial charge in [-0.2, -0.15) is 0 Å². The highest BCUT2D eigenvalue weighted by molar-refractivity contribution is 7.10. The van der Waals surface area contributed by atoms with E-state index in [1.165, 1.54) is 0 Å². The van der Waals surface area contributed by atoms with Crippen molar-refractivity contribution in [3.05, 3.63) is 57.8 Å². The Labute approximate surface area is 111 Å². The molecule has 1 unspecified atom stereocenters. The Bertz CT molecular complexity index is 551. The van der Waals surface area contributed by atoms with Gasteiger partial charge in [0.15, 0.2) is 0 Å². The highest BCUT2D eigenvalue weighted by atomic mass is 32.1. The van der Waals surface area contributed by atoms with Gasteiger partial charge in [-0.05, 0) is 24.6 Å². The maximum atomic E-state index is 8.91. The van der Waals surface area contributed by atoms with E-state index in [9.17, 15) is 0 Å². The Morgan fingerprint density at radius 2 is 1.89 bits per heavy atom. The number of hydrogen-bond donors (Lipinski definition) is 2. The van der Waals surface area contributed by atoms with Crippen molar-refractivity contribution in [3.8, 4) is 11.8 Å². The van der Waals surface area contributed by atoms with Crippen LogP contribution in [0.5, 0.6) is 0 Å². The maximum Gasteiger partial charge on any atom is 0.0586 e. The summed E-state index contributed by atoms with van der Waals surface area (Å²) in [4.78, 5) is 1.16. The van der Waals surface area contributed by atoms with E-state index in [4.69, 9.17) is 10.8 Å². The molecule has 2 aromatic rings. The highest BCUT2D eigenvalue weighted by Crippen LogP contribution is 2.15. The van der Waals surface area contributed by atoms with Gasteiger partial charge in [-0.25, -0.2) is 0 Å². The maximum absolute atomic E-state index is 8.91. The van der Waals surface area contributed by atoms with Gasteiger partial charge < -0.3 is 10.8 Å². The molecule has 0 aliphatic heterocycles. The Morgan fingerprint density at radius 3 is 2.61 bits per heavy atom. The van der Waals surface area contributed by atoms with E-state index in [0.29, 0.717) is 6.42 Å². The first-order valence-corrected chi connectivity index (χ1v) is 6.67. The van der Waals surface area contributed by atoms with Crippen molar-refractivity contribution in [2.24, 2.45) is 5.73 Å². The number of hydrogen-bond acceptors (Lipinski definition) is 3. The van der Waals surface area contributed by atoms with Crippen molar-refractivity contribution < 1.29 is 5.11 Å². The van der Waals surface area contributed by atoms with E-state index in [1.54, 1.807) is 11.3 Å². The van der Waals surface area contributed by atoms with Crippen molar-refractivity contribution in [2.75, 3.05) is 6.61 Å². The summed E-state index contributed by atoms with van der Waals surface area (Å²) in [6.07, 6.45) is 0.703. The second-order valence-electron chi connectivity index (χ2n) is 4.06. The van der Waals surface area contributed by atoms with E-state index in [2.05, 4.69) is 11.8 Å². The third-order valence-corrected chi connectivity index (χ3v) is 3.44. The lowest BCUT2D eigenvalue weighted by molar-refractivity contribution is 0.265. The van der Waals surface area contributed by atoms with E-state index < -0.39 is 0 Å². The second kappa shape index (κ2) is 6.36. The molecule has 0 fully saturated rings. The molecular weight excluding hydrogens is 242 g/mol. The molecule has 18 heavy (non-hydrogen) atoms. The van der Waals surface area contributed by atoms with Gasteiger partial charge in [0.25, 0.3) is 0 Å². The van der Waals surface area contributed by atoms with Gasteiger partial charge >= 0.3 is 0 Å². The first-order chi connectivity index (χ1) is 8.78. The summed E-state index contributed by atoms with van der Waals surface area (Å²) in [5, 5.41) is 10.9. The number of nitrogens with two attached hydrogens (primary N) is 1. The predicted octanol–water partition coefficient (Wildman–Crippen LogP) is 2.01. The molecule has 0 radical (unpaired) electrons. The third-order valence-electron chi connectivity index (χ3n) is 2.48. The SMILES string of the molecule is NC(CO)Cc1cc(C#Cc2ccccc2)cs1. The van der Waals surface area contributed by atoms with Crippen LogP contribution in [0.2, 0.25) is 0 Å². The van der Waals surface area contributed by atoms with Gasteiger partial charge in [0, 0.05) is 27.4 Å². The largest absolute Gasteiger partial charge is 0.395 e. The fourth-order valence-corrected chi connectivity index (χ4v) is 2.45. The summed E-state index contributed by atoms with van der Waals surface area (Å²) < 4.78 is 0. The molecular formula is C15H15NOS. The average Bonchev–Trinajstić information content (AvgIpc) is 2.85. The Balaban J connectivity index is 2.05. The Kier molecular flexibility index (Phi) is 4.54. The fourth-order valence-electron chi connectivity index (χ4n) is 1.54. The Hall–Kier alpha value is -1.60. The van der Waals surface area contributed by atoms with Crippen molar-refractivity contribution in [1.82, 2.24) is 0 Å². The van der Waals surface area contributed by atoms with Crippen LogP contribution in [0, 0.1) is 11.8 Å². The zero-order valence-electron chi connectivity index (χ0n) is 9.97. The van der Waals surface area contributed by atoms with Crippen molar-refractivity contribution in [3.63, 3.8) is 0 Å². The van der Waals surface area contributed by atoms with Crippen molar-refractivity contribution >= 4 is 11.3 Å². The Morgan fingerprint density at radius 1 is 1.17 bits per heavy atom. The number of benzene rings is 1. The van der Waals surface area contributed by atoms with E-state index >= 15 is 0 Å². The van der Waals surface area contributed by atoms with Gasteiger partial charge in [-0.3, -0.25) is 0 Å². The van der Waals surface area contributed by atoms with E-state index in [1.807, 2.05) is 41.8 Å². The van der Waals surface area contributed by atoms with Crippen LogP contribution >= 0.6 is 11.3 Å². The predicted molar refractivity (Wildman–Crippen MR) is 75.5 cm³/mol. The lowest BCUT2D eigenvalue weighted by Crippen LogP contribution is -2.26. The minimum absolute atomic E-state index is 0.0168. The summed E-state index contributed by atoms with van der Waals surface area (Å²) in [6, 6.07) is 11.8. The molecule has 2 rings (SSSR count). The standard InChI is InChI=1S/C15H15NOS/c16-14(10-17)9-15-8-13(11-18-15)7-6-12-4-2-1-3-5-12/h1-5,8,11,14,17H,9-10,16H2. The van der Waals surface area contributed by atoms with Gasteiger partial charge in [0.05, 0.1) is 6.61 Å². The smallest absolute Gasteiger partial charge is 0.0586 e. The lowest BCUT2D eigenvalue weighted by Gasteiger charge is -2.03. The van der Waals surface area contributed by atoms with Crippen LogP contribution in [0.3, 0.4) is 0 Å². The summed E-state index contributed by atoms with van der Waals surface area (Å²) in [7, 11) is 0. The van der Waals surface area contributed by atoms with Crippen LogP contribution in [0.4, 0.5) is 0 Å². The van der Waals surface area contributed by atoms with Gasteiger partial charge in [-0.1, -0.05) is 30.0 Å². The topological polar surface area (TPSA) is 46.2 Å². The summed E-state index contributed by atoms with van der Waals surface area (Å²) >= 11 is 1.63. The number of aliphatic hydroxyl groups excluding tert-OH is 1. The minimum atomic E-state index is -0.182. The van der Waals surface area contributed by atoms with Gasteiger partial charge in [-0.15, -0.1) is 11.3 Å². The van der Waals surface area contributed by atoms with Crippen LogP contribution in [-0.4, -0.2) is 17.8 Å². The van der Waals surface area contributed by atoms with Crippen LogP contribution in [0.25, 0.3) is 0 Å². The fraction of sp³-hybridized carbons (Fsp3) is 0.200. The molecule has 0 spiro atoms. The molecule has 92 valence electrons. The van der Waals surface area contributed by atoms with Gasteiger partial charge in [0.1, 0.15) is 0 Å². The first-order valence-electron chi connectivity index (χ1n) is 5.79. The third kappa shape index (κ3) is 3.71. The van der Waals surface area contributed by atoms with E-state index in [-0.39, 0.29) is 12.6 Å². The molecule has 0 bridgehead atoms. The normalized spacial score (nSPS) is 11.7. The molecule has 1 heterocycles. The van der Waals surface area contributed by atoms with Crippen LogP contribution in [0.15, 0.2) is 41.8 Å². The molecule has 0 aliphatic carbocycles. The lowest BCUT2D eigenvalue weighted by atomic mass is 10.2. The summed E-state index contributed by atoms with van der Waals surface area (Å²) in [5.41, 5.74) is 7.71. The summed E-state index contributed by atoms with van der Waals surface area (Å²) in [6.45, 7) is 0.0168. The molecule has 2 nitrogen and oxygen atoms in total. The first kappa shape index (κ1) is 12.8. The highest BCUT2D eigenvalue weighted by Gasteiger charge is 2.04. The quantitative estimate of drug-likeness (QED) is 0.826. The summed E-state index contributed by atoms with van der Waals surface area (Å²) in [5.74, 6) is 6.25. The molecule has 0 saturated heterocycles. The second-order valence-corrected chi connectivity index (χ2v) is 5.06. The van der Waals surface area contributed by atoms with Crippen LogP contribution in [0.1, 0.15) is 16.0 Å². The van der Waals surface area contributed by atoms with Crippen molar-refractivity contribution in [2.45, 2.75) is 12.5 Å². The number of thiophene rings is 1. The average molecular weight is 257 g/mol. The molecule has 3 N–H and O–H groups in total. The molecule has 0 aliphatic rings. The molecule has 0 amide bonds. The molecule has 1 atom stereocenters. The minimum Gasteiger partial charge on any atom is -0.395 e.